The van der Waals surface area contributed by atoms with Gasteiger partial charge in [-0.1, -0.05) is 97.1 Å². The molecule has 0 spiro atoms. The molecule has 2 heterocycles. The van der Waals surface area contributed by atoms with Gasteiger partial charge >= 0.3 is 12.4 Å². The third-order valence-corrected chi connectivity index (χ3v) is 12.9. The monoisotopic (exact) mass is 923 g/mol. The molecule has 0 unspecified atom stereocenters. The van der Waals surface area contributed by atoms with Gasteiger partial charge in [-0.15, -0.1) is 0 Å². The van der Waals surface area contributed by atoms with E-state index in [1.54, 1.807) is 42.5 Å². The van der Waals surface area contributed by atoms with Gasteiger partial charge in [0, 0.05) is 32.7 Å². The molecule has 0 saturated carbocycles. The van der Waals surface area contributed by atoms with E-state index >= 15 is 0 Å². The van der Waals surface area contributed by atoms with Crippen LogP contribution in [-0.2, 0) is 12.4 Å². The van der Waals surface area contributed by atoms with Crippen molar-refractivity contribution < 1.29 is 26.3 Å². The van der Waals surface area contributed by atoms with E-state index in [1.165, 1.54) is 6.07 Å². The number of nitrogens with zero attached hydrogens (tertiary/aromatic N) is 5. The lowest BCUT2D eigenvalue weighted by Crippen LogP contribution is -2.11. The molecule has 11 aromatic rings. The highest BCUT2D eigenvalue weighted by atomic mass is 19.4. The quantitative estimate of drug-likeness (QED) is 0.156. The van der Waals surface area contributed by atoms with Crippen molar-refractivity contribution in [1.82, 2.24) is 9.13 Å². The van der Waals surface area contributed by atoms with Gasteiger partial charge in [-0.3, -0.25) is 0 Å². The number of rotatable bonds is 6. The van der Waals surface area contributed by atoms with Crippen molar-refractivity contribution in [2.45, 2.75) is 12.4 Å². The van der Waals surface area contributed by atoms with E-state index in [9.17, 15) is 42.1 Å². The number of hydrogen-bond donors (Lipinski definition) is 0. The molecule has 0 bridgehead atoms. The van der Waals surface area contributed by atoms with Crippen LogP contribution in [0.4, 0.5) is 26.3 Å². The zero-order valence-corrected chi connectivity index (χ0v) is 36.4. The van der Waals surface area contributed by atoms with Gasteiger partial charge in [-0.2, -0.15) is 42.1 Å². The lowest BCUT2D eigenvalue weighted by Gasteiger charge is -2.21. The number of para-hydroxylation sites is 2. The van der Waals surface area contributed by atoms with Crippen LogP contribution in [-0.4, -0.2) is 9.13 Å². The molecule has 0 aliphatic heterocycles. The fraction of sp³-hybridized carbons (Fsp3) is 0.0339. The summed E-state index contributed by atoms with van der Waals surface area (Å²) in [7, 11) is 0. The van der Waals surface area contributed by atoms with Gasteiger partial charge in [-0.05, 0) is 124 Å². The molecule has 5 nitrogen and oxygen atoms in total. The summed E-state index contributed by atoms with van der Waals surface area (Å²) in [5.74, 6) is 0. The number of hydrogen-bond acceptors (Lipinski definition) is 3. The summed E-state index contributed by atoms with van der Waals surface area (Å²) in [5.41, 5.74) is 6.34. The van der Waals surface area contributed by atoms with Crippen molar-refractivity contribution >= 4 is 43.6 Å². The second-order valence-electron chi connectivity index (χ2n) is 16.9. The summed E-state index contributed by atoms with van der Waals surface area (Å²) >= 11 is 0. The number of aromatic nitrogens is 2. The molecular formula is C59H31F6N5. The normalized spacial score (nSPS) is 11.8. The van der Waals surface area contributed by atoms with Gasteiger partial charge in [0.15, 0.2) is 0 Å². The van der Waals surface area contributed by atoms with Gasteiger partial charge in [0.05, 0.1) is 79.5 Å². The van der Waals surface area contributed by atoms with Crippen molar-refractivity contribution in [2.24, 2.45) is 0 Å². The van der Waals surface area contributed by atoms with Gasteiger partial charge in [0.2, 0.25) is 0 Å². The highest BCUT2D eigenvalue weighted by Gasteiger charge is 2.37. The smallest absolute Gasteiger partial charge is 0.309 e. The predicted molar refractivity (Wildman–Crippen MR) is 261 cm³/mol. The largest absolute Gasteiger partial charge is 0.416 e. The van der Waals surface area contributed by atoms with Gasteiger partial charge in [0.1, 0.15) is 0 Å². The second-order valence-corrected chi connectivity index (χ2v) is 16.9. The van der Waals surface area contributed by atoms with Crippen LogP contribution in [0.5, 0.6) is 0 Å². The first-order valence-electron chi connectivity index (χ1n) is 21.9. The van der Waals surface area contributed by atoms with Crippen LogP contribution >= 0.6 is 0 Å². The van der Waals surface area contributed by atoms with Crippen LogP contribution in [0.1, 0.15) is 27.8 Å². The Kier molecular flexibility index (Phi) is 10.2. The van der Waals surface area contributed by atoms with E-state index in [0.717, 1.165) is 61.4 Å². The van der Waals surface area contributed by atoms with E-state index in [2.05, 4.69) is 22.8 Å². The summed E-state index contributed by atoms with van der Waals surface area (Å²) in [4.78, 5) is 0. The van der Waals surface area contributed by atoms with E-state index < -0.39 is 23.5 Å². The number of nitriles is 3. The zero-order valence-electron chi connectivity index (χ0n) is 36.4. The molecule has 0 fully saturated rings. The first-order valence-corrected chi connectivity index (χ1v) is 21.9. The maximum absolute atomic E-state index is 14.4. The summed E-state index contributed by atoms with van der Waals surface area (Å²) in [6.45, 7) is 0. The molecule has 11 rings (SSSR count). The molecule has 0 aliphatic carbocycles. The molecule has 334 valence electrons. The Labute approximate surface area is 395 Å². The Morgan fingerprint density at radius 1 is 0.329 bits per heavy atom. The standard InChI is InChI=1S/C59H31F6N5/c60-58(61,62)42-26-41(27-43(31-42)59(63,64)65)36-18-21-48(57(30-36)70-53-16-8-6-14-47(53)51-29-38(20-24-56(51)70)45-12-4-2-10-40(45)34-68)49-25-35(32-66)17-22-54(49)69-52-15-7-5-13-46(52)50-28-37(19-23-55(50)69)44-11-3-1-9-39(44)33-67/h1-31H. The molecule has 11 heteroatoms. The third kappa shape index (κ3) is 7.18. The fourth-order valence-electron chi connectivity index (χ4n) is 9.73. The topological polar surface area (TPSA) is 81.2 Å². The maximum Gasteiger partial charge on any atom is 0.416 e. The molecule has 0 amide bonds. The summed E-state index contributed by atoms with van der Waals surface area (Å²) in [6.07, 6.45) is -10.2. The first kappa shape index (κ1) is 43.2. The predicted octanol–water partition coefficient (Wildman–Crippen LogP) is 16.2. The van der Waals surface area contributed by atoms with E-state index in [1.807, 2.05) is 126 Å². The maximum atomic E-state index is 14.4. The van der Waals surface area contributed by atoms with Gasteiger partial charge in [0.25, 0.3) is 0 Å². The Bertz CT molecular complexity index is 4060. The Balaban J connectivity index is 1.23. The highest BCUT2D eigenvalue weighted by molar-refractivity contribution is 6.13. The molecule has 2 aromatic heterocycles. The van der Waals surface area contributed by atoms with Gasteiger partial charge < -0.3 is 9.13 Å². The minimum Gasteiger partial charge on any atom is -0.309 e. The first-order chi connectivity index (χ1) is 33.8. The highest BCUT2D eigenvalue weighted by Crippen LogP contribution is 2.45. The SMILES string of the molecule is N#Cc1ccc(-n2c3ccccc3c3cc(-c4ccccc4C#N)ccc32)c(-c2ccc(-c3cc(C(F)(F)F)cc(C(F)(F)F)c3)cc2-n2c3ccccc3c3cc(-c4ccccc4C#N)ccc32)c1. The number of benzene rings is 9. The average molecular weight is 924 g/mol. The molecule has 0 saturated heterocycles. The van der Waals surface area contributed by atoms with Crippen LogP contribution in [0.25, 0.3) is 99.5 Å². The van der Waals surface area contributed by atoms with Crippen LogP contribution in [0.15, 0.2) is 188 Å². The van der Waals surface area contributed by atoms with E-state index in [4.69, 9.17) is 0 Å². The molecule has 0 N–H and O–H groups in total. The fourth-order valence-corrected chi connectivity index (χ4v) is 9.73. The lowest BCUT2D eigenvalue weighted by atomic mass is 9.93. The van der Waals surface area contributed by atoms with Crippen LogP contribution < -0.4 is 0 Å². The van der Waals surface area contributed by atoms with Crippen molar-refractivity contribution in [3.8, 4) is 74.1 Å². The molecule has 0 radical (unpaired) electrons. The van der Waals surface area contributed by atoms with Gasteiger partial charge in [-0.25, -0.2) is 0 Å². The summed E-state index contributed by atoms with van der Waals surface area (Å²) < 4.78 is 90.3. The number of halogens is 6. The Morgan fingerprint density at radius 3 is 1.31 bits per heavy atom. The van der Waals surface area contributed by atoms with Crippen molar-refractivity contribution in [3.63, 3.8) is 0 Å². The Hall–Kier alpha value is -9.37. The van der Waals surface area contributed by atoms with Crippen molar-refractivity contribution in [3.05, 3.63) is 216 Å². The minimum absolute atomic E-state index is 0.0841. The summed E-state index contributed by atoms with van der Waals surface area (Å²) in [5, 5.41) is 33.8. The number of fused-ring (bicyclic) bond motifs is 6. The molecule has 70 heavy (non-hydrogen) atoms. The van der Waals surface area contributed by atoms with Crippen molar-refractivity contribution in [1.29, 1.82) is 15.8 Å². The second kappa shape index (κ2) is 16.4. The zero-order chi connectivity index (χ0) is 48.5. The van der Waals surface area contributed by atoms with Crippen LogP contribution in [0.3, 0.4) is 0 Å². The van der Waals surface area contributed by atoms with E-state index in [0.29, 0.717) is 55.8 Å². The third-order valence-electron chi connectivity index (χ3n) is 12.9. The molecule has 0 atom stereocenters. The Morgan fingerprint density at radius 2 is 0.800 bits per heavy atom. The summed E-state index contributed by atoms with van der Waals surface area (Å²) in [6, 6.07) is 60.1. The van der Waals surface area contributed by atoms with Crippen molar-refractivity contribution in [2.75, 3.05) is 0 Å². The molecule has 0 aliphatic rings. The lowest BCUT2D eigenvalue weighted by molar-refractivity contribution is -0.143. The number of alkyl halides is 6. The van der Waals surface area contributed by atoms with Crippen LogP contribution in [0, 0.1) is 34.0 Å². The van der Waals surface area contributed by atoms with Crippen LogP contribution in [0.2, 0.25) is 0 Å². The average Bonchev–Trinajstić information content (AvgIpc) is 3.89. The molecular weight excluding hydrogens is 893 g/mol. The van der Waals surface area contributed by atoms with E-state index in [-0.39, 0.29) is 17.2 Å². The minimum atomic E-state index is -5.08. The molecule has 9 aromatic carbocycles.